The third-order valence-electron chi connectivity index (χ3n) is 5.75. The number of aryl methyl sites for hydroxylation is 1. The summed E-state index contributed by atoms with van der Waals surface area (Å²) >= 11 is 0. The number of amides is 2. The zero-order valence-corrected chi connectivity index (χ0v) is 17.6. The van der Waals surface area contributed by atoms with E-state index >= 15 is 0 Å². The van der Waals surface area contributed by atoms with Crippen LogP contribution >= 0.6 is 0 Å². The largest absolute Gasteiger partial charge is 0.459 e. The highest BCUT2D eigenvalue weighted by Crippen LogP contribution is 2.39. The van der Waals surface area contributed by atoms with Gasteiger partial charge in [0.1, 0.15) is 0 Å². The number of fused-ring (bicyclic) bond motifs is 3. The molecule has 1 fully saturated rings. The predicted molar refractivity (Wildman–Crippen MR) is 110 cm³/mol. The van der Waals surface area contributed by atoms with Gasteiger partial charge in [0, 0.05) is 44.4 Å². The van der Waals surface area contributed by atoms with E-state index in [1.807, 2.05) is 0 Å². The fourth-order valence-electron chi connectivity index (χ4n) is 4.23. The van der Waals surface area contributed by atoms with Gasteiger partial charge in [0.2, 0.25) is 0 Å². The number of furan rings is 1. The molecule has 160 valence electrons. The molecule has 1 saturated heterocycles. The maximum atomic E-state index is 13.2. The Morgan fingerprint density at radius 1 is 0.968 bits per heavy atom. The van der Waals surface area contributed by atoms with Crippen molar-refractivity contribution in [3.05, 3.63) is 59.7 Å². The molecule has 31 heavy (non-hydrogen) atoms. The highest BCUT2D eigenvalue weighted by Gasteiger charge is 2.36. The Labute approximate surface area is 178 Å². The second-order valence-electron chi connectivity index (χ2n) is 7.62. The smallest absolute Gasteiger partial charge is 0.289 e. The van der Waals surface area contributed by atoms with Crippen LogP contribution in [-0.2, 0) is 22.6 Å². The molecule has 3 aromatic rings. The molecule has 0 unspecified atom stereocenters. The molecule has 0 atom stereocenters. The summed E-state index contributed by atoms with van der Waals surface area (Å²) in [5.41, 5.74) is 1.80. The zero-order valence-electron chi connectivity index (χ0n) is 16.8. The SMILES string of the molecule is Cn1nc(C(=O)N2CCN(C(=O)c3ccco3)CC2)c2c1-c1ccccc1S(=O)(=O)C2. The van der Waals surface area contributed by atoms with Crippen LogP contribution in [0.5, 0.6) is 0 Å². The van der Waals surface area contributed by atoms with E-state index in [0.29, 0.717) is 43.0 Å². The number of benzene rings is 1. The van der Waals surface area contributed by atoms with Crippen LogP contribution in [0.25, 0.3) is 11.3 Å². The van der Waals surface area contributed by atoms with Crippen LogP contribution in [0, 0.1) is 0 Å². The Bertz CT molecular complexity index is 1290. The second-order valence-corrected chi connectivity index (χ2v) is 9.57. The maximum Gasteiger partial charge on any atom is 0.289 e. The highest BCUT2D eigenvalue weighted by atomic mass is 32.2. The summed E-state index contributed by atoms with van der Waals surface area (Å²) in [6.07, 6.45) is 1.45. The molecule has 0 saturated carbocycles. The van der Waals surface area contributed by atoms with Crippen molar-refractivity contribution >= 4 is 21.7 Å². The molecule has 0 spiro atoms. The Morgan fingerprint density at radius 3 is 2.32 bits per heavy atom. The third kappa shape index (κ3) is 3.14. The summed E-state index contributed by atoms with van der Waals surface area (Å²) in [7, 11) is -1.85. The lowest BCUT2D eigenvalue weighted by atomic mass is 10.1. The molecule has 0 bridgehead atoms. The fraction of sp³-hybridized carbons (Fsp3) is 0.286. The van der Waals surface area contributed by atoms with Crippen molar-refractivity contribution in [3.8, 4) is 11.3 Å². The highest BCUT2D eigenvalue weighted by molar-refractivity contribution is 7.90. The van der Waals surface area contributed by atoms with Gasteiger partial charge >= 0.3 is 0 Å². The van der Waals surface area contributed by atoms with Gasteiger partial charge in [-0.1, -0.05) is 18.2 Å². The first-order chi connectivity index (χ1) is 14.9. The molecule has 5 rings (SSSR count). The number of carbonyl (C=O) groups is 2. The van der Waals surface area contributed by atoms with Crippen molar-refractivity contribution in [3.63, 3.8) is 0 Å². The van der Waals surface area contributed by atoms with Gasteiger partial charge in [0.15, 0.2) is 21.3 Å². The number of nitrogens with zero attached hydrogens (tertiary/aromatic N) is 4. The molecule has 0 N–H and O–H groups in total. The number of sulfone groups is 1. The quantitative estimate of drug-likeness (QED) is 0.599. The Morgan fingerprint density at radius 2 is 1.65 bits per heavy atom. The minimum absolute atomic E-state index is 0.154. The van der Waals surface area contributed by atoms with E-state index in [1.54, 1.807) is 57.9 Å². The van der Waals surface area contributed by atoms with Gasteiger partial charge in [-0.25, -0.2) is 8.42 Å². The van der Waals surface area contributed by atoms with Gasteiger partial charge in [-0.05, 0) is 18.2 Å². The first-order valence-electron chi connectivity index (χ1n) is 9.87. The summed E-state index contributed by atoms with van der Waals surface area (Å²) in [5, 5.41) is 4.39. The van der Waals surface area contributed by atoms with Crippen LogP contribution in [0.2, 0.25) is 0 Å². The standard InChI is InChI=1S/C21H20N4O5S/c1-23-19-14-5-2-3-7-17(14)31(28,29)13-15(19)18(22-23)21(27)25-10-8-24(9-11-25)20(26)16-6-4-12-30-16/h2-7,12H,8-11,13H2,1H3. The summed E-state index contributed by atoms with van der Waals surface area (Å²) < 4.78 is 32.4. The van der Waals surface area contributed by atoms with Crippen molar-refractivity contribution in [2.75, 3.05) is 26.2 Å². The van der Waals surface area contributed by atoms with E-state index < -0.39 is 9.84 Å². The van der Waals surface area contributed by atoms with E-state index in [-0.39, 0.29) is 33.9 Å². The van der Waals surface area contributed by atoms with E-state index in [1.165, 1.54) is 6.26 Å². The van der Waals surface area contributed by atoms with Crippen LogP contribution in [0.3, 0.4) is 0 Å². The van der Waals surface area contributed by atoms with Gasteiger partial charge in [-0.15, -0.1) is 0 Å². The number of carbonyl (C=O) groups excluding carboxylic acids is 2. The third-order valence-corrected chi connectivity index (χ3v) is 7.44. The topological polar surface area (TPSA) is 106 Å². The number of piperazine rings is 1. The molecule has 0 aliphatic carbocycles. The number of hydrogen-bond acceptors (Lipinski definition) is 6. The first kappa shape index (κ1) is 19.6. The lowest BCUT2D eigenvalue weighted by molar-refractivity contribution is 0.0514. The molecular weight excluding hydrogens is 420 g/mol. The van der Waals surface area contributed by atoms with Crippen LogP contribution in [0.4, 0.5) is 0 Å². The van der Waals surface area contributed by atoms with Crippen molar-refractivity contribution in [2.24, 2.45) is 7.05 Å². The first-order valence-corrected chi connectivity index (χ1v) is 11.5. The predicted octanol–water partition coefficient (Wildman–Crippen LogP) is 1.57. The minimum Gasteiger partial charge on any atom is -0.459 e. The molecule has 4 heterocycles. The van der Waals surface area contributed by atoms with Gasteiger partial charge in [-0.3, -0.25) is 14.3 Å². The monoisotopic (exact) mass is 440 g/mol. The average Bonchev–Trinajstić information content (AvgIpc) is 3.41. The summed E-state index contributed by atoms with van der Waals surface area (Å²) in [5.74, 6) is -0.528. The number of rotatable bonds is 2. The molecule has 2 amide bonds. The molecule has 0 radical (unpaired) electrons. The lowest BCUT2D eigenvalue weighted by Gasteiger charge is -2.34. The van der Waals surface area contributed by atoms with E-state index in [2.05, 4.69) is 5.10 Å². The van der Waals surface area contributed by atoms with Crippen molar-refractivity contribution in [1.29, 1.82) is 0 Å². The maximum absolute atomic E-state index is 13.2. The Kier molecular flexibility index (Phi) is 4.47. The minimum atomic E-state index is -3.56. The molecule has 9 nitrogen and oxygen atoms in total. The van der Waals surface area contributed by atoms with E-state index in [4.69, 9.17) is 4.42 Å². The van der Waals surface area contributed by atoms with Crippen LogP contribution < -0.4 is 0 Å². The van der Waals surface area contributed by atoms with Crippen LogP contribution in [-0.4, -0.2) is 66.0 Å². The van der Waals surface area contributed by atoms with Crippen LogP contribution in [0.15, 0.2) is 52.0 Å². The number of aromatic nitrogens is 2. The number of hydrogen-bond donors (Lipinski definition) is 0. The molecule has 2 aliphatic rings. The van der Waals surface area contributed by atoms with Crippen molar-refractivity contribution in [1.82, 2.24) is 19.6 Å². The molecular formula is C21H20N4O5S. The summed E-state index contributed by atoms with van der Waals surface area (Å²) in [6, 6.07) is 10.0. The molecule has 2 aliphatic heterocycles. The molecule has 1 aromatic carbocycles. The summed E-state index contributed by atoms with van der Waals surface area (Å²) in [6.45, 7) is 1.39. The summed E-state index contributed by atoms with van der Waals surface area (Å²) in [4.78, 5) is 29.2. The van der Waals surface area contributed by atoms with Crippen molar-refractivity contribution in [2.45, 2.75) is 10.6 Å². The van der Waals surface area contributed by atoms with E-state index in [0.717, 1.165) is 0 Å². The Hall–Kier alpha value is -3.40. The molecule has 2 aromatic heterocycles. The van der Waals surface area contributed by atoms with Crippen LogP contribution in [0.1, 0.15) is 26.6 Å². The average molecular weight is 440 g/mol. The van der Waals surface area contributed by atoms with Crippen molar-refractivity contribution < 1.29 is 22.4 Å². The van der Waals surface area contributed by atoms with Gasteiger partial charge in [0.05, 0.1) is 22.6 Å². The lowest BCUT2D eigenvalue weighted by Crippen LogP contribution is -2.50. The van der Waals surface area contributed by atoms with Gasteiger partial charge in [0.25, 0.3) is 11.8 Å². The van der Waals surface area contributed by atoms with E-state index in [9.17, 15) is 18.0 Å². The van der Waals surface area contributed by atoms with Gasteiger partial charge < -0.3 is 14.2 Å². The zero-order chi connectivity index (χ0) is 21.8. The molecule has 10 heteroatoms. The fourth-order valence-corrected chi connectivity index (χ4v) is 5.83. The Balaban J connectivity index is 1.41. The normalized spacial score (nSPS) is 17.2. The van der Waals surface area contributed by atoms with Gasteiger partial charge in [-0.2, -0.15) is 5.10 Å². The second kappa shape index (κ2) is 7.09.